The van der Waals surface area contributed by atoms with E-state index in [0.717, 1.165) is 24.8 Å². The molecule has 30 heavy (non-hydrogen) atoms. The Hall–Kier alpha value is -2.97. The van der Waals surface area contributed by atoms with E-state index in [1.165, 1.54) is 10.4 Å². The molecule has 0 spiro atoms. The van der Waals surface area contributed by atoms with Crippen LogP contribution in [0.1, 0.15) is 35.2 Å². The minimum atomic E-state index is -3.71. The van der Waals surface area contributed by atoms with Gasteiger partial charge in [0.05, 0.1) is 28.9 Å². The largest absolute Gasteiger partial charge is 0.319 e. The molecule has 1 aliphatic rings. The van der Waals surface area contributed by atoms with Gasteiger partial charge in [-0.2, -0.15) is 9.40 Å². The lowest BCUT2D eigenvalue weighted by Crippen LogP contribution is -2.36. The summed E-state index contributed by atoms with van der Waals surface area (Å²) in [5, 5.41) is 7.05. The first kappa shape index (κ1) is 20.3. The van der Waals surface area contributed by atoms with E-state index in [1.54, 1.807) is 35.3 Å². The van der Waals surface area contributed by atoms with E-state index < -0.39 is 15.9 Å². The Bertz CT molecular complexity index is 1120. The summed E-state index contributed by atoms with van der Waals surface area (Å²) in [6, 6.07) is 16.2. The molecular formula is C22H24N4O3S. The fourth-order valence-corrected chi connectivity index (χ4v) is 5.31. The van der Waals surface area contributed by atoms with E-state index in [1.807, 2.05) is 30.3 Å². The molecule has 0 atom stereocenters. The van der Waals surface area contributed by atoms with Crippen LogP contribution >= 0.6 is 0 Å². The number of sulfonamides is 1. The third kappa shape index (κ3) is 4.44. The van der Waals surface area contributed by atoms with E-state index >= 15 is 0 Å². The molecule has 8 heteroatoms. The molecular weight excluding hydrogens is 400 g/mol. The topological polar surface area (TPSA) is 84.3 Å². The Morgan fingerprint density at radius 2 is 1.67 bits per heavy atom. The Morgan fingerprint density at radius 3 is 2.43 bits per heavy atom. The maximum absolute atomic E-state index is 13.1. The number of nitrogens with zero attached hydrogens (tertiary/aromatic N) is 3. The average molecular weight is 425 g/mol. The lowest BCUT2D eigenvalue weighted by Gasteiger charge is -2.26. The van der Waals surface area contributed by atoms with Crippen molar-refractivity contribution in [2.75, 3.05) is 18.4 Å². The molecule has 1 saturated heterocycles. The van der Waals surface area contributed by atoms with Crippen LogP contribution < -0.4 is 5.32 Å². The van der Waals surface area contributed by atoms with Gasteiger partial charge in [0.2, 0.25) is 10.0 Å². The summed E-state index contributed by atoms with van der Waals surface area (Å²) in [6.45, 7) is 1.56. The minimum absolute atomic E-state index is 0.0427. The molecule has 4 rings (SSSR count). The van der Waals surface area contributed by atoms with Gasteiger partial charge in [0.15, 0.2) is 0 Å². The van der Waals surface area contributed by atoms with Crippen molar-refractivity contribution in [1.29, 1.82) is 0 Å². The van der Waals surface area contributed by atoms with Gasteiger partial charge in [0, 0.05) is 19.3 Å². The first-order valence-corrected chi connectivity index (χ1v) is 11.4. The SMILES string of the molecule is O=C(Nc1cnn(Cc2ccccc2)c1)c1ccccc1S(=O)(=O)N1CCCCC1. The summed E-state index contributed by atoms with van der Waals surface area (Å²) in [4.78, 5) is 12.9. The maximum Gasteiger partial charge on any atom is 0.257 e. The minimum Gasteiger partial charge on any atom is -0.319 e. The summed E-state index contributed by atoms with van der Waals surface area (Å²) in [7, 11) is -3.71. The highest BCUT2D eigenvalue weighted by atomic mass is 32.2. The summed E-state index contributed by atoms with van der Waals surface area (Å²) >= 11 is 0. The van der Waals surface area contributed by atoms with Crippen LogP contribution in [0.5, 0.6) is 0 Å². The number of piperidine rings is 1. The van der Waals surface area contributed by atoms with Crippen molar-refractivity contribution in [3.8, 4) is 0 Å². The zero-order valence-electron chi connectivity index (χ0n) is 16.6. The fraction of sp³-hybridized carbons (Fsp3) is 0.273. The molecule has 1 amide bonds. The molecule has 2 heterocycles. The number of benzene rings is 2. The Morgan fingerprint density at radius 1 is 0.967 bits per heavy atom. The van der Waals surface area contributed by atoms with Crippen molar-refractivity contribution < 1.29 is 13.2 Å². The zero-order chi connectivity index (χ0) is 21.0. The van der Waals surface area contributed by atoms with Gasteiger partial charge in [-0.3, -0.25) is 9.48 Å². The molecule has 0 saturated carbocycles. The first-order chi connectivity index (χ1) is 14.5. The predicted molar refractivity (Wildman–Crippen MR) is 115 cm³/mol. The Labute approximate surface area is 176 Å². The molecule has 156 valence electrons. The number of hydrogen-bond donors (Lipinski definition) is 1. The van der Waals surface area contributed by atoms with Crippen LogP contribution in [-0.4, -0.2) is 41.5 Å². The van der Waals surface area contributed by atoms with Crippen LogP contribution in [0.4, 0.5) is 5.69 Å². The number of amides is 1. The highest BCUT2D eigenvalue weighted by Gasteiger charge is 2.29. The van der Waals surface area contributed by atoms with Gasteiger partial charge in [-0.1, -0.05) is 48.9 Å². The van der Waals surface area contributed by atoms with Crippen LogP contribution in [0.2, 0.25) is 0 Å². The van der Waals surface area contributed by atoms with E-state index in [9.17, 15) is 13.2 Å². The van der Waals surface area contributed by atoms with E-state index in [2.05, 4.69) is 10.4 Å². The molecule has 0 bridgehead atoms. The van der Waals surface area contributed by atoms with Crippen LogP contribution in [0.15, 0.2) is 71.9 Å². The normalized spacial score (nSPS) is 15.1. The molecule has 1 aliphatic heterocycles. The van der Waals surface area contributed by atoms with E-state index in [0.29, 0.717) is 25.3 Å². The quantitative estimate of drug-likeness (QED) is 0.658. The van der Waals surface area contributed by atoms with Crippen LogP contribution in [0.25, 0.3) is 0 Å². The van der Waals surface area contributed by atoms with Crippen molar-refractivity contribution in [3.05, 3.63) is 78.1 Å². The molecule has 0 unspecified atom stereocenters. The second-order valence-corrected chi connectivity index (χ2v) is 9.23. The van der Waals surface area contributed by atoms with Crippen molar-refractivity contribution >= 4 is 21.6 Å². The monoisotopic (exact) mass is 424 g/mol. The van der Waals surface area contributed by atoms with Crippen molar-refractivity contribution in [2.45, 2.75) is 30.7 Å². The number of carbonyl (C=O) groups excluding carboxylic acids is 1. The van der Waals surface area contributed by atoms with Gasteiger partial charge < -0.3 is 5.32 Å². The lowest BCUT2D eigenvalue weighted by atomic mass is 10.2. The van der Waals surface area contributed by atoms with Gasteiger partial charge in [0.25, 0.3) is 5.91 Å². The summed E-state index contributed by atoms with van der Waals surface area (Å²) in [6.07, 6.45) is 6.00. The second-order valence-electron chi connectivity index (χ2n) is 7.33. The molecule has 1 fully saturated rings. The van der Waals surface area contributed by atoms with Gasteiger partial charge in [0.1, 0.15) is 0 Å². The summed E-state index contributed by atoms with van der Waals surface area (Å²) in [5.41, 5.74) is 1.75. The van der Waals surface area contributed by atoms with Crippen molar-refractivity contribution in [3.63, 3.8) is 0 Å². The van der Waals surface area contributed by atoms with E-state index in [-0.39, 0.29) is 10.5 Å². The Kier molecular flexibility index (Phi) is 5.96. The van der Waals surface area contributed by atoms with Crippen LogP contribution in [0.3, 0.4) is 0 Å². The van der Waals surface area contributed by atoms with Gasteiger partial charge in [-0.15, -0.1) is 0 Å². The van der Waals surface area contributed by atoms with E-state index in [4.69, 9.17) is 0 Å². The van der Waals surface area contributed by atoms with Crippen LogP contribution in [0, 0.1) is 0 Å². The molecule has 2 aromatic carbocycles. The van der Waals surface area contributed by atoms with Gasteiger partial charge in [-0.25, -0.2) is 8.42 Å². The lowest BCUT2D eigenvalue weighted by molar-refractivity contribution is 0.102. The molecule has 0 radical (unpaired) electrons. The van der Waals surface area contributed by atoms with Crippen molar-refractivity contribution in [1.82, 2.24) is 14.1 Å². The first-order valence-electron chi connectivity index (χ1n) is 10.0. The molecule has 1 N–H and O–H groups in total. The van der Waals surface area contributed by atoms with Crippen molar-refractivity contribution in [2.24, 2.45) is 0 Å². The second kappa shape index (κ2) is 8.81. The Balaban J connectivity index is 1.52. The molecule has 7 nitrogen and oxygen atoms in total. The van der Waals surface area contributed by atoms with Gasteiger partial charge in [-0.05, 0) is 30.5 Å². The number of rotatable bonds is 6. The molecule has 3 aromatic rings. The molecule has 0 aliphatic carbocycles. The summed E-state index contributed by atoms with van der Waals surface area (Å²) < 4.78 is 29.4. The average Bonchev–Trinajstić information content (AvgIpc) is 3.21. The third-order valence-electron chi connectivity index (χ3n) is 5.14. The third-order valence-corrected chi connectivity index (χ3v) is 7.10. The number of hydrogen-bond acceptors (Lipinski definition) is 4. The zero-order valence-corrected chi connectivity index (χ0v) is 17.4. The summed E-state index contributed by atoms with van der Waals surface area (Å²) in [5.74, 6) is -0.467. The predicted octanol–water partition coefficient (Wildman–Crippen LogP) is 3.36. The fourth-order valence-electron chi connectivity index (χ4n) is 3.61. The number of aromatic nitrogens is 2. The van der Waals surface area contributed by atoms with Gasteiger partial charge >= 0.3 is 0 Å². The number of anilines is 1. The smallest absolute Gasteiger partial charge is 0.257 e. The van der Waals surface area contributed by atoms with Crippen LogP contribution in [-0.2, 0) is 16.6 Å². The highest BCUT2D eigenvalue weighted by Crippen LogP contribution is 2.24. The molecule has 1 aromatic heterocycles. The number of nitrogens with one attached hydrogen (secondary N) is 1. The standard InChI is InChI=1S/C22H24N4O3S/c27-22(24-19-15-23-25(17-19)16-18-9-3-1-4-10-18)20-11-5-6-12-21(20)30(28,29)26-13-7-2-8-14-26/h1,3-6,9-12,15,17H,2,7-8,13-14,16H2,(H,24,27). The number of carbonyl (C=O) groups is 1. The maximum atomic E-state index is 13.1. The highest BCUT2D eigenvalue weighted by molar-refractivity contribution is 7.89.